The molecule has 4 heteroatoms. The van der Waals surface area contributed by atoms with E-state index in [2.05, 4.69) is 28.2 Å². The zero-order chi connectivity index (χ0) is 14.0. The van der Waals surface area contributed by atoms with Crippen molar-refractivity contribution in [3.05, 3.63) is 28.7 Å². The van der Waals surface area contributed by atoms with Crippen LogP contribution >= 0.6 is 15.9 Å². The number of hydrogen-bond donors (Lipinski definition) is 2. The average molecular weight is 326 g/mol. The van der Waals surface area contributed by atoms with Gasteiger partial charge in [0, 0.05) is 10.2 Å². The number of rotatable bonds is 3. The lowest BCUT2D eigenvalue weighted by Crippen LogP contribution is -2.54. The Hall–Kier alpha value is -1.03. The molecule has 2 N–H and O–H groups in total. The largest absolute Gasteiger partial charge is 0.479 e. The second kappa shape index (κ2) is 5.53. The molecule has 0 bridgehead atoms. The monoisotopic (exact) mass is 325 g/mol. The third kappa shape index (κ3) is 2.94. The number of anilines is 1. The second-order valence-electron chi connectivity index (χ2n) is 5.70. The van der Waals surface area contributed by atoms with Crippen molar-refractivity contribution in [2.45, 2.75) is 38.6 Å². The van der Waals surface area contributed by atoms with Gasteiger partial charge in [-0.3, -0.25) is 0 Å². The molecule has 0 heterocycles. The Kier molecular flexibility index (Phi) is 4.19. The molecule has 0 amide bonds. The third-order valence-corrected chi connectivity index (χ3v) is 4.73. The first-order valence-corrected chi connectivity index (χ1v) is 7.50. The number of benzene rings is 1. The predicted molar refractivity (Wildman–Crippen MR) is 80.3 cm³/mol. The highest BCUT2D eigenvalue weighted by Gasteiger charge is 2.47. The molecule has 2 rings (SSSR count). The Labute approximate surface area is 122 Å². The van der Waals surface area contributed by atoms with Gasteiger partial charge in [0.25, 0.3) is 0 Å². The summed E-state index contributed by atoms with van der Waals surface area (Å²) in [5, 5.41) is 13.0. The third-order valence-electron chi connectivity index (χ3n) is 4.20. The molecule has 1 fully saturated rings. The fourth-order valence-electron chi connectivity index (χ4n) is 2.95. The minimum atomic E-state index is -0.842. The van der Waals surface area contributed by atoms with E-state index in [-0.39, 0.29) is 5.92 Å². The van der Waals surface area contributed by atoms with Gasteiger partial charge in [0.05, 0.1) is 0 Å². The zero-order valence-electron chi connectivity index (χ0n) is 11.3. The molecule has 1 aromatic rings. The molecule has 0 radical (unpaired) electrons. The standard InChI is InChI=1S/C15H20BrNO2/c1-10-3-4-11(2)15(9-10,14(18)19)17-13-7-5-12(16)6-8-13/h5-8,10-11,17H,3-4,9H2,1-2H3,(H,18,19). The molecule has 0 saturated heterocycles. The van der Waals surface area contributed by atoms with Gasteiger partial charge < -0.3 is 10.4 Å². The minimum absolute atomic E-state index is 0.129. The van der Waals surface area contributed by atoms with Gasteiger partial charge in [-0.1, -0.05) is 36.2 Å². The number of carboxylic acid groups (broad SMARTS) is 1. The van der Waals surface area contributed by atoms with E-state index < -0.39 is 11.5 Å². The summed E-state index contributed by atoms with van der Waals surface area (Å²) in [5.74, 6) is -0.172. The quantitative estimate of drug-likeness (QED) is 0.878. The molecule has 3 nitrogen and oxygen atoms in total. The van der Waals surface area contributed by atoms with Crippen LogP contribution in [0.15, 0.2) is 28.7 Å². The van der Waals surface area contributed by atoms with Crippen LogP contribution in [0.3, 0.4) is 0 Å². The predicted octanol–water partition coefficient (Wildman–Crippen LogP) is 4.14. The average Bonchev–Trinajstić information content (AvgIpc) is 2.36. The highest BCUT2D eigenvalue weighted by molar-refractivity contribution is 9.10. The zero-order valence-corrected chi connectivity index (χ0v) is 12.9. The van der Waals surface area contributed by atoms with Gasteiger partial charge in [-0.15, -0.1) is 0 Å². The van der Waals surface area contributed by atoms with E-state index in [1.54, 1.807) is 0 Å². The lowest BCUT2D eigenvalue weighted by Gasteiger charge is -2.43. The number of carboxylic acids is 1. The molecule has 104 valence electrons. The molecule has 0 spiro atoms. The van der Waals surface area contributed by atoms with Crippen molar-refractivity contribution in [3.63, 3.8) is 0 Å². The molecule has 19 heavy (non-hydrogen) atoms. The van der Waals surface area contributed by atoms with Crippen molar-refractivity contribution in [1.29, 1.82) is 0 Å². The summed E-state index contributed by atoms with van der Waals surface area (Å²) >= 11 is 3.39. The Balaban J connectivity index is 2.28. The molecule has 1 saturated carbocycles. The van der Waals surface area contributed by atoms with Crippen LogP contribution in [0.5, 0.6) is 0 Å². The fourth-order valence-corrected chi connectivity index (χ4v) is 3.21. The molecular weight excluding hydrogens is 306 g/mol. The van der Waals surface area contributed by atoms with Crippen molar-refractivity contribution in [2.24, 2.45) is 11.8 Å². The van der Waals surface area contributed by atoms with Crippen LogP contribution in [0.1, 0.15) is 33.1 Å². The van der Waals surface area contributed by atoms with Crippen molar-refractivity contribution in [3.8, 4) is 0 Å². The van der Waals surface area contributed by atoms with E-state index >= 15 is 0 Å². The SMILES string of the molecule is CC1CCC(C)C(Nc2ccc(Br)cc2)(C(=O)O)C1. The normalized spacial score (nSPS) is 30.9. The van der Waals surface area contributed by atoms with E-state index in [0.29, 0.717) is 12.3 Å². The van der Waals surface area contributed by atoms with Crippen molar-refractivity contribution >= 4 is 27.6 Å². The number of carbonyl (C=O) groups is 1. The summed E-state index contributed by atoms with van der Waals surface area (Å²) in [4.78, 5) is 11.8. The highest BCUT2D eigenvalue weighted by atomic mass is 79.9. The fraction of sp³-hybridized carbons (Fsp3) is 0.533. The first kappa shape index (κ1) is 14.4. The van der Waals surface area contributed by atoms with Gasteiger partial charge in [0.2, 0.25) is 0 Å². The maximum absolute atomic E-state index is 11.8. The van der Waals surface area contributed by atoms with Gasteiger partial charge in [-0.05, 0) is 48.9 Å². The Morgan fingerprint density at radius 1 is 1.32 bits per heavy atom. The summed E-state index contributed by atoms with van der Waals surface area (Å²) in [6.07, 6.45) is 2.74. The molecule has 0 aromatic heterocycles. The Morgan fingerprint density at radius 2 is 1.95 bits per heavy atom. The molecule has 0 aliphatic heterocycles. The van der Waals surface area contributed by atoms with Gasteiger partial charge >= 0.3 is 5.97 Å². The lowest BCUT2D eigenvalue weighted by atomic mass is 9.69. The lowest BCUT2D eigenvalue weighted by molar-refractivity contribution is -0.146. The van der Waals surface area contributed by atoms with Crippen LogP contribution in [-0.2, 0) is 4.79 Å². The van der Waals surface area contributed by atoms with Crippen LogP contribution in [-0.4, -0.2) is 16.6 Å². The Morgan fingerprint density at radius 3 is 2.53 bits per heavy atom. The van der Waals surface area contributed by atoms with Crippen molar-refractivity contribution in [2.75, 3.05) is 5.32 Å². The molecule has 1 aliphatic rings. The summed E-state index contributed by atoms with van der Waals surface area (Å²) < 4.78 is 0.993. The maximum Gasteiger partial charge on any atom is 0.329 e. The molecular formula is C15H20BrNO2. The van der Waals surface area contributed by atoms with E-state index in [0.717, 1.165) is 23.0 Å². The van der Waals surface area contributed by atoms with Gasteiger partial charge in [0.15, 0.2) is 0 Å². The summed E-state index contributed by atoms with van der Waals surface area (Å²) in [6, 6.07) is 7.69. The van der Waals surface area contributed by atoms with Gasteiger partial charge in [-0.25, -0.2) is 4.79 Å². The van der Waals surface area contributed by atoms with Crippen LogP contribution in [0.25, 0.3) is 0 Å². The summed E-state index contributed by atoms with van der Waals surface area (Å²) in [5.41, 5.74) is 0.0254. The van der Waals surface area contributed by atoms with E-state index in [4.69, 9.17) is 0 Å². The topological polar surface area (TPSA) is 49.3 Å². The first-order chi connectivity index (χ1) is 8.94. The molecule has 3 atom stereocenters. The molecule has 1 aliphatic carbocycles. The van der Waals surface area contributed by atoms with Crippen LogP contribution in [0, 0.1) is 11.8 Å². The second-order valence-corrected chi connectivity index (χ2v) is 6.61. The van der Waals surface area contributed by atoms with Crippen LogP contribution < -0.4 is 5.32 Å². The highest BCUT2D eigenvalue weighted by Crippen LogP contribution is 2.39. The van der Waals surface area contributed by atoms with E-state index in [9.17, 15) is 9.90 Å². The smallest absolute Gasteiger partial charge is 0.329 e. The minimum Gasteiger partial charge on any atom is -0.479 e. The van der Waals surface area contributed by atoms with Gasteiger partial charge in [0.1, 0.15) is 5.54 Å². The number of halogens is 1. The van der Waals surface area contributed by atoms with E-state index in [1.807, 2.05) is 31.2 Å². The molecule has 1 aromatic carbocycles. The van der Waals surface area contributed by atoms with Crippen LogP contribution in [0.4, 0.5) is 5.69 Å². The summed E-state index contributed by atoms with van der Waals surface area (Å²) in [6.45, 7) is 4.17. The number of hydrogen-bond acceptors (Lipinski definition) is 2. The van der Waals surface area contributed by atoms with Gasteiger partial charge in [-0.2, -0.15) is 0 Å². The van der Waals surface area contributed by atoms with Crippen LogP contribution in [0.2, 0.25) is 0 Å². The summed E-state index contributed by atoms with van der Waals surface area (Å²) in [7, 11) is 0. The molecule has 3 unspecified atom stereocenters. The first-order valence-electron chi connectivity index (χ1n) is 6.71. The number of nitrogens with one attached hydrogen (secondary N) is 1. The van der Waals surface area contributed by atoms with Crippen molar-refractivity contribution in [1.82, 2.24) is 0 Å². The number of aliphatic carboxylic acids is 1. The van der Waals surface area contributed by atoms with Crippen molar-refractivity contribution < 1.29 is 9.90 Å². The van der Waals surface area contributed by atoms with E-state index in [1.165, 1.54) is 0 Å². The maximum atomic E-state index is 11.8. The Bertz CT molecular complexity index is 460.